The number of benzene rings is 1. The van der Waals surface area contributed by atoms with E-state index in [-0.39, 0.29) is 17.9 Å². The lowest BCUT2D eigenvalue weighted by molar-refractivity contribution is -0.131. The van der Waals surface area contributed by atoms with Crippen LogP contribution in [0.2, 0.25) is 0 Å². The van der Waals surface area contributed by atoms with Gasteiger partial charge in [0, 0.05) is 45.1 Å². The van der Waals surface area contributed by atoms with Gasteiger partial charge < -0.3 is 19.4 Å². The summed E-state index contributed by atoms with van der Waals surface area (Å²) in [6, 6.07) is 7.55. The molecule has 0 aliphatic carbocycles. The largest absolute Gasteiger partial charge is 0.439 e. The lowest BCUT2D eigenvalue weighted by atomic mass is 10.0. The molecule has 2 fully saturated rings. The van der Waals surface area contributed by atoms with Crippen molar-refractivity contribution in [2.45, 2.75) is 25.0 Å². The molecule has 0 saturated carbocycles. The maximum Gasteiger partial charge on any atom is 0.410 e. The topological polar surface area (TPSA) is 70.2 Å². The smallest absolute Gasteiger partial charge is 0.410 e. The fourth-order valence-corrected chi connectivity index (χ4v) is 3.95. The predicted molar refractivity (Wildman–Crippen MR) is 88.8 cm³/mol. The molecule has 0 bridgehead atoms. The van der Waals surface area contributed by atoms with E-state index in [1.807, 2.05) is 24.3 Å². The van der Waals surface area contributed by atoms with Crippen LogP contribution < -0.4 is 0 Å². The van der Waals surface area contributed by atoms with Crippen LogP contribution in [0.3, 0.4) is 0 Å². The molecular formula is C18H21N3O4. The third-order valence-electron chi connectivity index (χ3n) is 5.30. The van der Waals surface area contributed by atoms with Gasteiger partial charge in [-0.1, -0.05) is 18.2 Å². The molecule has 7 nitrogen and oxygen atoms in total. The number of rotatable bonds is 3. The second-order valence-corrected chi connectivity index (χ2v) is 7.11. The third kappa shape index (κ3) is 2.73. The predicted octanol–water partition coefficient (Wildman–Crippen LogP) is 1.09. The second kappa shape index (κ2) is 5.75. The zero-order valence-corrected chi connectivity index (χ0v) is 14.2. The Balaban J connectivity index is 1.32. The Kier molecular flexibility index (Phi) is 3.67. The van der Waals surface area contributed by atoms with Crippen molar-refractivity contribution in [1.29, 1.82) is 0 Å². The SMILES string of the molecule is CN1CC2(CCN(C(=O)CCN3Cc4ccccc4C3=O)C2)OC1=O. The Bertz CT molecular complexity index is 750. The molecule has 1 atom stereocenters. The minimum atomic E-state index is -0.554. The van der Waals surface area contributed by atoms with E-state index in [2.05, 4.69) is 0 Å². The first-order chi connectivity index (χ1) is 12.0. The molecule has 3 heterocycles. The van der Waals surface area contributed by atoms with Crippen molar-refractivity contribution in [2.75, 3.05) is 33.2 Å². The van der Waals surface area contributed by atoms with Gasteiger partial charge in [-0.05, 0) is 11.6 Å². The van der Waals surface area contributed by atoms with Crippen molar-refractivity contribution >= 4 is 17.9 Å². The Morgan fingerprint density at radius 1 is 1.24 bits per heavy atom. The highest BCUT2D eigenvalue weighted by Gasteiger charge is 2.49. The number of hydrogen-bond donors (Lipinski definition) is 0. The van der Waals surface area contributed by atoms with Crippen LogP contribution in [0.5, 0.6) is 0 Å². The van der Waals surface area contributed by atoms with E-state index in [0.29, 0.717) is 45.6 Å². The zero-order valence-electron chi connectivity index (χ0n) is 14.2. The number of carbonyl (C=O) groups is 3. The Hall–Kier alpha value is -2.57. The van der Waals surface area contributed by atoms with Gasteiger partial charge in [0.05, 0.1) is 13.1 Å². The van der Waals surface area contributed by atoms with Crippen LogP contribution in [0, 0.1) is 0 Å². The first-order valence-corrected chi connectivity index (χ1v) is 8.56. The normalized spacial score (nSPS) is 25.1. The monoisotopic (exact) mass is 343 g/mol. The number of fused-ring (bicyclic) bond motifs is 1. The van der Waals surface area contributed by atoms with Crippen molar-refractivity contribution in [2.24, 2.45) is 0 Å². The summed E-state index contributed by atoms with van der Waals surface area (Å²) in [6.07, 6.45) is 0.636. The van der Waals surface area contributed by atoms with Crippen molar-refractivity contribution in [1.82, 2.24) is 14.7 Å². The molecule has 132 valence electrons. The van der Waals surface area contributed by atoms with E-state index in [4.69, 9.17) is 4.74 Å². The molecule has 3 amide bonds. The standard InChI is InChI=1S/C18H21N3O4/c1-19-11-18(25-17(19)24)7-9-21(12-18)15(22)6-8-20-10-13-4-2-3-5-14(13)16(20)23/h2-5H,6-12H2,1H3. The van der Waals surface area contributed by atoms with E-state index >= 15 is 0 Å². The summed E-state index contributed by atoms with van der Waals surface area (Å²) < 4.78 is 5.47. The van der Waals surface area contributed by atoms with Crippen LogP contribution in [0.15, 0.2) is 24.3 Å². The molecule has 1 aromatic rings. The Morgan fingerprint density at radius 2 is 2.04 bits per heavy atom. The molecule has 3 aliphatic rings. The molecule has 4 rings (SSSR count). The highest BCUT2D eigenvalue weighted by Crippen LogP contribution is 2.32. The minimum absolute atomic E-state index is 0.00577. The minimum Gasteiger partial charge on any atom is -0.439 e. The average Bonchev–Trinajstić information content (AvgIpc) is 3.23. The van der Waals surface area contributed by atoms with Gasteiger partial charge in [0.2, 0.25) is 5.91 Å². The van der Waals surface area contributed by atoms with Gasteiger partial charge in [0.1, 0.15) is 0 Å². The lowest BCUT2D eigenvalue weighted by Gasteiger charge is -2.22. The molecule has 2 saturated heterocycles. The number of likely N-dealkylation sites (N-methyl/N-ethyl adjacent to an activating group) is 1. The third-order valence-corrected chi connectivity index (χ3v) is 5.30. The summed E-state index contributed by atoms with van der Waals surface area (Å²) in [6.45, 7) is 2.53. The van der Waals surface area contributed by atoms with E-state index in [1.54, 1.807) is 21.7 Å². The molecule has 1 unspecified atom stereocenters. The van der Waals surface area contributed by atoms with Gasteiger partial charge in [-0.2, -0.15) is 0 Å². The molecule has 0 aromatic heterocycles. The summed E-state index contributed by atoms with van der Waals surface area (Å²) in [5.74, 6) is -0.00104. The lowest BCUT2D eigenvalue weighted by Crippen LogP contribution is -2.40. The molecule has 25 heavy (non-hydrogen) atoms. The number of amides is 3. The number of ether oxygens (including phenoxy) is 1. The molecule has 0 N–H and O–H groups in total. The second-order valence-electron chi connectivity index (χ2n) is 7.11. The van der Waals surface area contributed by atoms with Gasteiger partial charge in [0.15, 0.2) is 5.60 Å². The highest BCUT2D eigenvalue weighted by atomic mass is 16.6. The maximum atomic E-state index is 12.5. The zero-order chi connectivity index (χ0) is 17.6. The molecule has 0 radical (unpaired) electrons. The van der Waals surface area contributed by atoms with Crippen molar-refractivity contribution in [3.8, 4) is 0 Å². The van der Waals surface area contributed by atoms with Crippen LogP contribution in [-0.2, 0) is 16.1 Å². The van der Waals surface area contributed by atoms with Gasteiger partial charge >= 0.3 is 6.09 Å². The van der Waals surface area contributed by atoms with E-state index in [9.17, 15) is 14.4 Å². The first kappa shape index (κ1) is 15.9. The number of likely N-dealkylation sites (tertiary alicyclic amines) is 1. The number of hydrogen-bond acceptors (Lipinski definition) is 4. The fourth-order valence-electron chi connectivity index (χ4n) is 3.95. The molecule has 7 heteroatoms. The van der Waals surface area contributed by atoms with Crippen LogP contribution in [-0.4, -0.2) is 71.4 Å². The van der Waals surface area contributed by atoms with Gasteiger partial charge in [-0.3, -0.25) is 9.59 Å². The maximum absolute atomic E-state index is 12.5. The molecule has 1 aromatic carbocycles. The van der Waals surface area contributed by atoms with E-state index < -0.39 is 5.60 Å². The fraction of sp³-hybridized carbons (Fsp3) is 0.500. The van der Waals surface area contributed by atoms with Crippen LogP contribution in [0.1, 0.15) is 28.8 Å². The van der Waals surface area contributed by atoms with E-state index in [0.717, 1.165) is 11.1 Å². The molecular weight excluding hydrogens is 322 g/mol. The summed E-state index contributed by atoms with van der Waals surface area (Å²) in [7, 11) is 1.71. The van der Waals surface area contributed by atoms with Crippen LogP contribution >= 0.6 is 0 Å². The Labute approximate surface area is 146 Å². The summed E-state index contributed by atoms with van der Waals surface area (Å²) in [5.41, 5.74) is 1.19. The van der Waals surface area contributed by atoms with Crippen LogP contribution in [0.25, 0.3) is 0 Å². The quantitative estimate of drug-likeness (QED) is 0.824. The number of nitrogens with zero attached hydrogens (tertiary/aromatic N) is 3. The molecule has 3 aliphatic heterocycles. The summed E-state index contributed by atoms with van der Waals surface area (Å²) >= 11 is 0. The van der Waals surface area contributed by atoms with Crippen molar-refractivity contribution in [3.63, 3.8) is 0 Å². The highest BCUT2D eigenvalue weighted by molar-refractivity contribution is 5.98. The number of carbonyl (C=O) groups excluding carboxylic acids is 3. The van der Waals surface area contributed by atoms with Crippen molar-refractivity contribution in [3.05, 3.63) is 35.4 Å². The van der Waals surface area contributed by atoms with Crippen molar-refractivity contribution < 1.29 is 19.1 Å². The van der Waals surface area contributed by atoms with E-state index in [1.165, 1.54) is 0 Å². The van der Waals surface area contributed by atoms with Gasteiger partial charge in [0.25, 0.3) is 5.91 Å². The average molecular weight is 343 g/mol. The molecule has 1 spiro atoms. The summed E-state index contributed by atoms with van der Waals surface area (Å²) in [5, 5.41) is 0. The Morgan fingerprint density at radius 3 is 2.76 bits per heavy atom. The van der Waals surface area contributed by atoms with Gasteiger partial charge in [-0.25, -0.2) is 4.79 Å². The summed E-state index contributed by atoms with van der Waals surface area (Å²) in [4.78, 5) is 41.5. The van der Waals surface area contributed by atoms with Gasteiger partial charge in [-0.15, -0.1) is 0 Å². The van der Waals surface area contributed by atoms with Crippen LogP contribution in [0.4, 0.5) is 4.79 Å². The first-order valence-electron chi connectivity index (χ1n) is 8.56.